The molecule has 0 unspecified atom stereocenters. The highest BCUT2D eigenvalue weighted by Gasteiger charge is 2.47. The maximum absolute atomic E-state index is 11.0. The third kappa shape index (κ3) is 6.72. The Hall–Kier alpha value is -0.503. The van der Waals surface area contributed by atoms with Crippen molar-refractivity contribution in [2.45, 2.75) is 6.55 Å². The van der Waals surface area contributed by atoms with E-state index in [1.165, 1.54) is 6.55 Å². The first-order valence-electron chi connectivity index (χ1n) is 4.20. The minimum absolute atomic E-state index is 0.473. The van der Waals surface area contributed by atoms with Crippen molar-refractivity contribution in [1.29, 1.82) is 0 Å². The van der Waals surface area contributed by atoms with Crippen molar-refractivity contribution in [2.24, 2.45) is 0 Å². The lowest BCUT2D eigenvalue weighted by Gasteiger charge is -2.23. The Kier molecular flexibility index (Phi) is 7.52. The summed E-state index contributed by atoms with van der Waals surface area (Å²) in [7, 11) is -3.80. The van der Waals surface area contributed by atoms with E-state index in [1.807, 2.05) is 0 Å². The molecule has 0 aromatic carbocycles. The van der Waals surface area contributed by atoms with Crippen LogP contribution < -0.4 is 0 Å². The SMILES string of the molecule is C[Si](OC(=O)CCl)(OC(=O)CCl)OC(=O)CCl. The Balaban J connectivity index is 4.72. The van der Waals surface area contributed by atoms with Gasteiger partial charge in [0.05, 0.1) is 0 Å². The molecule has 17 heavy (non-hydrogen) atoms. The van der Waals surface area contributed by atoms with Crippen molar-refractivity contribution in [1.82, 2.24) is 0 Å². The van der Waals surface area contributed by atoms with Crippen LogP contribution in [0.1, 0.15) is 0 Å². The van der Waals surface area contributed by atoms with Crippen molar-refractivity contribution in [3.63, 3.8) is 0 Å². The zero-order valence-electron chi connectivity index (χ0n) is 8.70. The molecular weight excluding hydrogens is 315 g/mol. The summed E-state index contributed by atoms with van der Waals surface area (Å²) >= 11 is 15.6. The van der Waals surface area contributed by atoms with Gasteiger partial charge in [0, 0.05) is 6.55 Å². The molecule has 0 rings (SSSR count). The molecule has 0 aromatic rings. The van der Waals surface area contributed by atoms with E-state index in [2.05, 4.69) is 0 Å². The molecule has 0 spiro atoms. The van der Waals surface area contributed by atoms with E-state index in [4.69, 9.17) is 48.1 Å². The number of carbonyl (C=O) groups excluding carboxylic acids is 3. The Morgan fingerprint density at radius 1 is 0.824 bits per heavy atom. The molecule has 0 amide bonds. The fraction of sp³-hybridized carbons (Fsp3) is 0.571. The highest BCUT2D eigenvalue weighted by molar-refractivity contribution is 6.65. The Morgan fingerprint density at radius 3 is 1.24 bits per heavy atom. The van der Waals surface area contributed by atoms with Crippen molar-refractivity contribution in [3.8, 4) is 0 Å². The Labute approximate surface area is 113 Å². The van der Waals surface area contributed by atoms with E-state index in [9.17, 15) is 14.4 Å². The summed E-state index contributed by atoms with van der Waals surface area (Å²) < 4.78 is 14.1. The zero-order chi connectivity index (χ0) is 13.5. The average Bonchev–Trinajstić information content (AvgIpc) is 2.27. The second kappa shape index (κ2) is 7.75. The Bertz CT molecular complexity index is 264. The molecule has 0 aliphatic heterocycles. The molecule has 10 heteroatoms. The average molecular weight is 324 g/mol. The largest absolute Gasteiger partial charge is 0.701 e. The number of carbonyl (C=O) groups is 3. The van der Waals surface area contributed by atoms with Gasteiger partial charge in [0.1, 0.15) is 17.6 Å². The fourth-order valence-electron chi connectivity index (χ4n) is 0.765. The second-order valence-electron chi connectivity index (χ2n) is 2.69. The molecule has 6 nitrogen and oxygen atoms in total. The first-order chi connectivity index (χ1) is 7.86. The topological polar surface area (TPSA) is 78.9 Å². The molecule has 0 aliphatic carbocycles. The molecule has 0 aromatic heterocycles. The highest BCUT2D eigenvalue weighted by Crippen LogP contribution is 2.12. The quantitative estimate of drug-likeness (QED) is 0.534. The van der Waals surface area contributed by atoms with E-state index >= 15 is 0 Å². The summed E-state index contributed by atoms with van der Waals surface area (Å²) in [6.45, 7) is 1.17. The molecule has 0 aliphatic rings. The van der Waals surface area contributed by atoms with Gasteiger partial charge in [-0.05, 0) is 0 Å². The van der Waals surface area contributed by atoms with Crippen LogP contribution in [0.5, 0.6) is 0 Å². The lowest BCUT2D eigenvalue weighted by atomic mass is 10.8. The van der Waals surface area contributed by atoms with Crippen LogP contribution in [0.4, 0.5) is 0 Å². The van der Waals surface area contributed by atoms with Crippen LogP contribution in [0, 0.1) is 0 Å². The molecule has 98 valence electrons. The third-order valence-electron chi connectivity index (χ3n) is 1.23. The van der Waals surface area contributed by atoms with Crippen molar-refractivity contribution in [3.05, 3.63) is 0 Å². The maximum atomic E-state index is 11.0. The number of alkyl halides is 3. The van der Waals surface area contributed by atoms with E-state index < -0.39 is 44.4 Å². The standard InChI is InChI=1S/C7H9Cl3O6Si/c1-17(14-5(11)2-8,15-6(12)3-9)16-7(13)4-10/h2-4H2,1H3. The number of hydrogen-bond acceptors (Lipinski definition) is 6. The number of halogens is 3. The second-order valence-corrected chi connectivity index (χ2v) is 5.82. The van der Waals surface area contributed by atoms with Crippen LogP contribution in [-0.4, -0.2) is 44.4 Å². The third-order valence-corrected chi connectivity index (χ3v) is 3.68. The van der Waals surface area contributed by atoms with Crippen molar-refractivity contribution < 1.29 is 27.7 Å². The molecule has 0 bridgehead atoms. The van der Waals surface area contributed by atoms with Crippen molar-refractivity contribution >= 4 is 61.5 Å². The molecular formula is C7H9Cl3O6Si. The van der Waals surface area contributed by atoms with Crippen molar-refractivity contribution in [2.75, 3.05) is 17.6 Å². The molecule has 0 atom stereocenters. The van der Waals surface area contributed by atoms with Crippen LogP contribution in [0.3, 0.4) is 0 Å². The van der Waals surface area contributed by atoms with E-state index in [0.717, 1.165) is 0 Å². The molecule has 0 saturated carbocycles. The van der Waals surface area contributed by atoms with Gasteiger partial charge >= 0.3 is 26.7 Å². The van der Waals surface area contributed by atoms with Crippen LogP contribution in [0.25, 0.3) is 0 Å². The first-order valence-corrected chi connectivity index (χ1v) is 8.03. The normalized spacial score (nSPS) is 10.6. The first kappa shape index (κ1) is 16.5. The van der Waals surface area contributed by atoms with Crippen LogP contribution >= 0.6 is 34.8 Å². The molecule has 0 heterocycles. The van der Waals surface area contributed by atoms with Crippen LogP contribution in [0.2, 0.25) is 6.55 Å². The van der Waals surface area contributed by atoms with Crippen LogP contribution in [-0.2, 0) is 27.7 Å². The summed E-state index contributed by atoms with van der Waals surface area (Å²) in [5, 5.41) is 0. The molecule has 0 radical (unpaired) electrons. The van der Waals surface area contributed by atoms with Gasteiger partial charge in [-0.15, -0.1) is 34.8 Å². The van der Waals surface area contributed by atoms with Crippen LogP contribution in [0.15, 0.2) is 0 Å². The van der Waals surface area contributed by atoms with Gasteiger partial charge in [-0.3, -0.25) is 14.4 Å². The molecule has 0 N–H and O–H groups in total. The van der Waals surface area contributed by atoms with Gasteiger partial charge in [0.2, 0.25) is 0 Å². The van der Waals surface area contributed by atoms with E-state index in [1.54, 1.807) is 0 Å². The Morgan fingerprint density at radius 2 is 1.06 bits per heavy atom. The van der Waals surface area contributed by atoms with E-state index in [0.29, 0.717) is 0 Å². The van der Waals surface area contributed by atoms with Gasteiger partial charge in [0.25, 0.3) is 0 Å². The molecule has 0 saturated heterocycles. The smallest absolute Gasteiger partial charge is 0.454 e. The minimum atomic E-state index is -3.80. The highest BCUT2D eigenvalue weighted by atomic mass is 35.5. The summed E-state index contributed by atoms with van der Waals surface area (Å²) in [5.74, 6) is -4.07. The van der Waals surface area contributed by atoms with Gasteiger partial charge < -0.3 is 13.3 Å². The predicted octanol–water partition coefficient (Wildman–Crippen LogP) is 0.901. The van der Waals surface area contributed by atoms with Gasteiger partial charge in [-0.2, -0.15) is 0 Å². The predicted molar refractivity (Wildman–Crippen MR) is 62.1 cm³/mol. The van der Waals surface area contributed by atoms with Gasteiger partial charge in [0.15, 0.2) is 0 Å². The summed E-state index contributed by atoms with van der Waals surface area (Å²) in [5.41, 5.74) is 0. The summed E-state index contributed by atoms with van der Waals surface area (Å²) in [6.07, 6.45) is 0. The monoisotopic (exact) mass is 322 g/mol. The molecule has 0 fully saturated rings. The fourth-order valence-corrected chi connectivity index (χ4v) is 2.79. The maximum Gasteiger partial charge on any atom is 0.701 e. The number of hydrogen-bond donors (Lipinski definition) is 0. The lowest BCUT2D eigenvalue weighted by Crippen LogP contribution is -2.48. The van der Waals surface area contributed by atoms with E-state index in [-0.39, 0.29) is 0 Å². The summed E-state index contributed by atoms with van der Waals surface area (Å²) in [4.78, 5) is 33.0. The van der Waals surface area contributed by atoms with Gasteiger partial charge in [-0.25, -0.2) is 0 Å². The number of rotatable bonds is 6. The summed E-state index contributed by atoms with van der Waals surface area (Å²) in [6, 6.07) is 0. The minimum Gasteiger partial charge on any atom is -0.454 e. The van der Waals surface area contributed by atoms with Gasteiger partial charge in [-0.1, -0.05) is 0 Å². The zero-order valence-corrected chi connectivity index (χ0v) is 12.0. The lowest BCUT2D eigenvalue weighted by molar-refractivity contribution is -0.146.